The van der Waals surface area contributed by atoms with E-state index >= 15 is 0 Å². The zero-order chi connectivity index (χ0) is 7.11. The van der Waals surface area contributed by atoms with Crippen molar-refractivity contribution in [1.29, 1.82) is 5.53 Å². The lowest BCUT2D eigenvalue weighted by atomic mass is 10.4. The van der Waals surface area contributed by atoms with Crippen LogP contribution in [0.15, 0.2) is 5.22 Å². The van der Waals surface area contributed by atoms with Crippen LogP contribution in [0.4, 0.5) is 0 Å². The lowest BCUT2D eigenvalue weighted by Gasteiger charge is -2.13. The number of hydrogen-bond donors (Lipinski definition) is 1. The van der Waals surface area contributed by atoms with E-state index in [4.69, 9.17) is 5.53 Å². The second-order valence-corrected chi connectivity index (χ2v) is 2.05. The van der Waals surface area contributed by atoms with Gasteiger partial charge in [0.05, 0.1) is 0 Å². The maximum absolute atomic E-state index is 6.72. The van der Waals surface area contributed by atoms with E-state index in [1.165, 1.54) is 0 Å². The third-order valence-electron chi connectivity index (χ3n) is 1.10. The molecule has 0 aromatic carbocycles. The van der Waals surface area contributed by atoms with Crippen LogP contribution in [-0.2, 0) is 0 Å². The highest BCUT2D eigenvalue weighted by atomic mass is 15.5. The van der Waals surface area contributed by atoms with Crippen LogP contribution in [0.25, 0.3) is 0 Å². The minimum absolute atomic E-state index is 0.914. The Bertz CT molecular complexity index is 66.7. The highest BCUT2D eigenvalue weighted by Gasteiger charge is 1.94. The Labute approximate surface area is 56.5 Å². The molecule has 0 saturated carbocycles. The molecule has 0 aliphatic rings. The summed E-state index contributed by atoms with van der Waals surface area (Å²) in [6, 6.07) is 0. The van der Waals surface area contributed by atoms with Crippen molar-refractivity contribution < 1.29 is 0 Å². The zero-order valence-corrected chi connectivity index (χ0v) is 6.22. The molecule has 0 amide bonds. The van der Waals surface area contributed by atoms with E-state index in [9.17, 15) is 0 Å². The summed E-state index contributed by atoms with van der Waals surface area (Å²) in [5, 5.41) is 5.13. The maximum Gasteiger partial charge on any atom is 0.0374 e. The summed E-state index contributed by atoms with van der Waals surface area (Å²) in [6.45, 7) is 6.01. The van der Waals surface area contributed by atoms with Gasteiger partial charge in [0.25, 0.3) is 0 Å². The van der Waals surface area contributed by atoms with E-state index in [0.29, 0.717) is 0 Å². The van der Waals surface area contributed by atoms with Crippen molar-refractivity contribution in [1.82, 2.24) is 5.01 Å². The summed E-state index contributed by atoms with van der Waals surface area (Å²) in [5.74, 6) is 0. The fourth-order valence-electron chi connectivity index (χ4n) is 0.728. The van der Waals surface area contributed by atoms with E-state index in [1.54, 1.807) is 5.01 Å². The van der Waals surface area contributed by atoms with Gasteiger partial charge in [-0.2, -0.15) is 5.53 Å². The molecule has 0 fully saturated rings. The SMILES string of the molecule is CCCN(CCC)N=N. The second kappa shape index (κ2) is 5.54. The van der Waals surface area contributed by atoms with Crippen molar-refractivity contribution in [3.8, 4) is 0 Å². The number of rotatable bonds is 5. The number of nitrogens with one attached hydrogen (secondary N) is 1. The number of hydrogen-bond acceptors (Lipinski definition) is 2. The minimum Gasteiger partial charge on any atom is -0.279 e. The van der Waals surface area contributed by atoms with Crippen LogP contribution in [0, 0.1) is 5.53 Å². The second-order valence-electron chi connectivity index (χ2n) is 2.05. The molecule has 0 bridgehead atoms. The summed E-state index contributed by atoms with van der Waals surface area (Å²) in [6.07, 6.45) is 2.14. The van der Waals surface area contributed by atoms with Crippen molar-refractivity contribution >= 4 is 0 Å². The lowest BCUT2D eigenvalue weighted by Crippen LogP contribution is -2.17. The third kappa shape index (κ3) is 3.94. The normalized spacial score (nSPS) is 9.11. The smallest absolute Gasteiger partial charge is 0.0374 e. The molecule has 0 spiro atoms. The zero-order valence-electron chi connectivity index (χ0n) is 6.22. The van der Waals surface area contributed by atoms with Crippen molar-refractivity contribution in [2.75, 3.05) is 13.1 Å². The first-order valence-electron chi connectivity index (χ1n) is 3.47. The van der Waals surface area contributed by atoms with Gasteiger partial charge in [0, 0.05) is 13.1 Å². The van der Waals surface area contributed by atoms with Gasteiger partial charge in [-0.3, -0.25) is 5.01 Å². The highest BCUT2D eigenvalue weighted by molar-refractivity contribution is 4.44. The molecule has 0 atom stereocenters. The van der Waals surface area contributed by atoms with E-state index in [-0.39, 0.29) is 0 Å². The van der Waals surface area contributed by atoms with E-state index in [0.717, 1.165) is 25.9 Å². The largest absolute Gasteiger partial charge is 0.279 e. The Morgan fingerprint density at radius 2 is 1.67 bits per heavy atom. The first-order valence-corrected chi connectivity index (χ1v) is 3.47. The van der Waals surface area contributed by atoms with Crippen LogP contribution >= 0.6 is 0 Å². The maximum atomic E-state index is 6.72. The van der Waals surface area contributed by atoms with Gasteiger partial charge < -0.3 is 0 Å². The molecule has 0 unspecified atom stereocenters. The quantitative estimate of drug-likeness (QED) is 0.448. The van der Waals surface area contributed by atoms with Crippen LogP contribution in [-0.4, -0.2) is 18.1 Å². The molecule has 0 radical (unpaired) electrons. The molecule has 3 nitrogen and oxygen atoms in total. The van der Waals surface area contributed by atoms with Crippen LogP contribution in [0.5, 0.6) is 0 Å². The van der Waals surface area contributed by atoms with Crippen molar-refractivity contribution in [3.63, 3.8) is 0 Å². The Morgan fingerprint density at radius 1 is 1.22 bits per heavy atom. The first-order chi connectivity index (χ1) is 4.35. The summed E-state index contributed by atoms with van der Waals surface area (Å²) in [4.78, 5) is 0. The van der Waals surface area contributed by atoms with Crippen molar-refractivity contribution in [3.05, 3.63) is 0 Å². The summed E-state index contributed by atoms with van der Waals surface area (Å²) < 4.78 is 0. The Hall–Kier alpha value is -0.600. The Morgan fingerprint density at radius 3 is 1.89 bits per heavy atom. The molecular weight excluding hydrogens is 114 g/mol. The fraction of sp³-hybridized carbons (Fsp3) is 1.00. The Kier molecular flexibility index (Phi) is 5.17. The molecule has 1 N–H and O–H groups in total. The van der Waals surface area contributed by atoms with E-state index in [1.807, 2.05) is 0 Å². The molecular formula is C6H15N3. The molecule has 0 saturated heterocycles. The first kappa shape index (κ1) is 8.40. The monoisotopic (exact) mass is 129 g/mol. The minimum atomic E-state index is 0.914. The van der Waals surface area contributed by atoms with Gasteiger partial charge >= 0.3 is 0 Å². The summed E-state index contributed by atoms with van der Waals surface area (Å²) >= 11 is 0. The van der Waals surface area contributed by atoms with Crippen molar-refractivity contribution in [2.45, 2.75) is 26.7 Å². The third-order valence-corrected chi connectivity index (χ3v) is 1.10. The van der Waals surface area contributed by atoms with Crippen LogP contribution in [0.1, 0.15) is 26.7 Å². The average Bonchev–Trinajstić information content (AvgIpc) is 1.88. The molecule has 0 aromatic heterocycles. The standard InChI is InChI=1S/C6H15N3/c1-3-5-9(8-7)6-4-2/h7H,3-6H2,1-2H3. The molecule has 0 aliphatic carbocycles. The molecule has 54 valence electrons. The Balaban J connectivity index is 3.29. The van der Waals surface area contributed by atoms with Gasteiger partial charge in [-0.25, -0.2) is 0 Å². The molecule has 0 rings (SSSR count). The number of nitrogens with zero attached hydrogens (tertiary/aromatic N) is 2. The molecule has 3 heteroatoms. The van der Waals surface area contributed by atoms with Gasteiger partial charge in [-0.1, -0.05) is 19.1 Å². The lowest BCUT2D eigenvalue weighted by molar-refractivity contribution is 0.261. The van der Waals surface area contributed by atoms with Gasteiger partial charge in [0.15, 0.2) is 0 Å². The van der Waals surface area contributed by atoms with Gasteiger partial charge in [0.1, 0.15) is 0 Å². The molecule has 9 heavy (non-hydrogen) atoms. The van der Waals surface area contributed by atoms with E-state index in [2.05, 4.69) is 19.1 Å². The molecule has 0 heterocycles. The van der Waals surface area contributed by atoms with Gasteiger partial charge in [-0.15, -0.1) is 0 Å². The van der Waals surface area contributed by atoms with Crippen molar-refractivity contribution in [2.24, 2.45) is 5.22 Å². The predicted octanol–water partition coefficient (Wildman–Crippen LogP) is 2.05. The van der Waals surface area contributed by atoms with Gasteiger partial charge in [-0.05, 0) is 12.8 Å². The molecule has 0 aromatic rings. The average molecular weight is 129 g/mol. The molecule has 0 aliphatic heterocycles. The van der Waals surface area contributed by atoms with Gasteiger partial charge in [0.2, 0.25) is 0 Å². The van der Waals surface area contributed by atoms with E-state index < -0.39 is 0 Å². The highest BCUT2D eigenvalue weighted by Crippen LogP contribution is 1.92. The fourth-order valence-corrected chi connectivity index (χ4v) is 0.728. The topological polar surface area (TPSA) is 39.5 Å². The summed E-state index contributed by atoms with van der Waals surface area (Å²) in [5.41, 5.74) is 6.72. The van der Waals surface area contributed by atoms with Crippen LogP contribution in [0.3, 0.4) is 0 Å². The van der Waals surface area contributed by atoms with Crippen LogP contribution < -0.4 is 0 Å². The predicted molar refractivity (Wildman–Crippen MR) is 37.3 cm³/mol. The summed E-state index contributed by atoms with van der Waals surface area (Å²) in [7, 11) is 0. The van der Waals surface area contributed by atoms with Crippen LogP contribution in [0.2, 0.25) is 0 Å².